The van der Waals surface area contributed by atoms with Crippen molar-refractivity contribution in [2.75, 3.05) is 40.4 Å². The summed E-state index contributed by atoms with van der Waals surface area (Å²) in [6, 6.07) is 0. The lowest BCUT2D eigenvalue weighted by Crippen LogP contribution is -2.47. The van der Waals surface area contributed by atoms with Crippen LogP contribution in [0.15, 0.2) is 4.99 Å². The predicted molar refractivity (Wildman–Crippen MR) is 63.3 cm³/mol. The van der Waals surface area contributed by atoms with Gasteiger partial charge in [0.15, 0.2) is 5.96 Å². The second-order valence-electron chi connectivity index (χ2n) is 5.08. The van der Waals surface area contributed by atoms with Crippen LogP contribution >= 0.6 is 0 Å². The lowest BCUT2D eigenvalue weighted by molar-refractivity contribution is 0.0633. The number of guanidine groups is 1. The Morgan fingerprint density at radius 1 is 1.20 bits per heavy atom. The van der Waals surface area contributed by atoms with Crippen molar-refractivity contribution >= 4 is 5.96 Å². The highest BCUT2D eigenvalue weighted by Gasteiger charge is 2.19. The Balaban J connectivity index is 2.77. The Kier molecular flexibility index (Phi) is 3.97. The van der Waals surface area contributed by atoms with Gasteiger partial charge in [-0.1, -0.05) is 0 Å². The highest BCUT2D eigenvalue weighted by molar-refractivity contribution is 5.80. The maximum Gasteiger partial charge on any atom is 0.196 e. The molecule has 88 valence electrons. The molecule has 15 heavy (non-hydrogen) atoms. The average Bonchev–Trinajstić information content (AvgIpc) is 2.14. The third kappa shape index (κ3) is 4.08. The fourth-order valence-corrected chi connectivity index (χ4v) is 1.52. The minimum Gasteiger partial charge on any atom is -0.378 e. The summed E-state index contributed by atoms with van der Waals surface area (Å²) in [4.78, 5) is 9.11. The molecule has 0 unspecified atom stereocenters. The van der Waals surface area contributed by atoms with Gasteiger partial charge in [0.1, 0.15) is 0 Å². The zero-order valence-electron chi connectivity index (χ0n) is 10.6. The summed E-state index contributed by atoms with van der Waals surface area (Å²) in [7, 11) is 4.08. The third-order valence-corrected chi connectivity index (χ3v) is 2.13. The summed E-state index contributed by atoms with van der Waals surface area (Å²) < 4.78 is 5.34. The van der Waals surface area contributed by atoms with Crippen LogP contribution in [-0.2, 0) is 4.74 Å². The standard InChI is InChI=1S/C11H23N3O/c1-11(2,3)12-10(13(4)5)14-6-8-15-9-7-14/h6-9H2,1-5H3/b12-10-. The van der Waals surface area contributed by atoms with Crippen LogP contribution in [0.1, 0.15) is 20.8 Å². The SMILES string of the molecule is CN(C)/C(=N/C(C)(C)C)N1CCOCC1. The van der Waals surface area contributed by atoms with Crippen molar-refractivity contribution in [3.63, 3.8) is 0 Å². The zero-order chi connectivity index (χ0) is 11.5. The van der Waals surface area contributed by atoms with E-state index >= 15 is 0 Å². The lowest BCUT2D eigenvalue weighted by atomic mass is 10.1. The molecule has 0 spiro atoms. The van der Waals surface area contributed by atoms with Crippen molar-refractivity contribution in [3.8, 4) is 0 Å². The maximum absolute atomic E-state index is 5.34. The van der Waals surface area contributed by atoms with Crippen molar-refractivity contribution in [2.24, 2.45) is 4.99 Å². The summed E-state index contributed by atoms with van der Waals surface area (Å²) in [5.74, 6) is 1.06. The molecule has 0 aromatic carbocycles. The lowest BCUT2D eigenvalue weighted by Gasteiger charge is -2.34. The summed E-state index contributed by atoms with van der Waals surface area (Å²) in [6.45, 7) is 9.85. The molecular formula is C11H23N3O. The van der Waals surface area contributed by atoms with E-state index in [1.54, 1.807) is 0 Å². The van der Waals surface area contributed by atoms with E-state index in [0.29, 0.717) is 0 Å². The van der Waals surface area contributed by atoms with E-state index in [2.05, 4.69) is 30.6 Å². The van der Waals surface area contributed by atoms with Gasteiger partial charge in [-0.25, -0.2) is 4.99 Å². The molecule has 1 rings (SSSR count). The van der Waals surface area contributed by atoms with E-state index in [1.807, 2.05) is 14.1 Å². The Morgan fingerprint density at radius 2 is 1.73 bits per heavy atom. The quantitative estimate of drug-likeness (QED) is 0.444. The van der Waals surface area contributed by atoms with Gasteiger partial charge in [0.05, 0.1) is 18.8 Å². The first kappa shape index (κ1) is 12.3. The molecule has 0 atom stereocenters. The molecule has 4 nitrogen and oxygen atoms in total. The molecular weight excluding hydrogens is 190 g/mol. The van der Waals surface area contributed by atoms with Crippen molar-refractivity contribution in [2.45, 2.75) is 26.3 Å². The molecule has 0 aliphatic carbocycles. The van der Waals surface area contributed by atoms with Gasteiger partial charge >= 0.3 is 0 Å². The molecule has 0 amide bonds. The summed E-state index contributed by atoms with van der Waals surface area (Å²) in [5, 5.41) is 0. The first-order valence-corrected chi connectivity index (χ1v) is 5.50. The van der Waals surface area contributed by atoms with Gasteiger partial charge in [-0.2, -0.15) is 0 Å². The number of rotatable bonds is 0. The number of morpholine rings is 1. The molecule has 0 radical (unpaired) electrons. The van der Waals surface area contributed by atoms with Crippen LogP contribution in [0.3, 0.4) is 0 Å². The minimum absolute atomic E-state index is 0.0299. The van der Waals surface area contributed by atoms with E-state index in [4.69, 9.17) is 9.73 Å². The maximum atomic E-state index is 5.34. The minimum atomic E-state index is -0.0299. The number of hydrogen-bond donors (Lipinski definition) is 0. The summed E-state index contributed by atoms with van der Waals surface area (Å²) in [6.07, 6.45) is 0. The topological polar surface area (TPSA) is 28.1 Å². The Morgan fingerprint density at radius 3 is 2.13 bits per heavy atom. The molecule has 1 aliphatic heterocycles. The summed E-state index contributed by atoms with van der Waals surface area (Å²) >= 11 is 0. The predicted octanol–water partition coefficient (Wildman–Crippen LogP) is 1.03. The first-order chi connectivity index (χ1) is 6.90. The second kappa shape index (κ2) is 4.84. The molecule has 1 fully saturated rings. The van der Waals surface area contributed by atoms with Crippen LogP contribution in [-0.4, -0.2) is 61.7 Å². The Bertz CT molecular complexity index is 224. The number of hydrogen-bond acceptors (Lipinski definition) is 2. The Hall–Kier alpha value is -0.770. The van der Waals surface area contributed by atoms with Gasteiger partial charge in [-0.3, -0.25) is 0 Å². The van der Waals surface area contributed by atoms with Gasteiger partial charge in [0.25, 0.3) is 0 Å². The molecule has 0 saturated carbocycles. The number of nitrogens with zero attached hydrogens (tertiary/aromatic N) is 3. The van der Waals surface area contributed by atoms with Crippen LogP contribution in [0.5, 0.6) is 0 Å². The monoisotopic (exact) mass is 213 g/mol. The van der Waals surface area contributed by atoms with Gasteiger partial charge in [-0.15, -0.1) is 0 Å². The van der Waals surface area contributed by atoms with Gasteiger partial charge in [0.2, 0.25) is 0 Å². The molecule has 0 N–H and O–H groups in total. The van der Waals surface area contributed by atoms with E-state index in [-0.39, 0.29) is 5.54 Å². The number of ether oxygens (including phenoxy) is 1. The molecule has 1 saturated heterocycles. The molecule has 0 bridgehead atoms. The fraction of sp³-hybridized carbons (Fsp3) is 0.909. The highest BCUT2D eigenvalue weighted by Crippen LogP contribution is 2.10. The molecule has 1 aliphatic rings. The zero-order valence-corrected chi connectivity index (χ0v) is 10.6. The van der Waals surface area contributed by atoms with Crippen LogP contribution in [0.25, 0.3) is 0 Å². The van der Waals surface area contributed by atoms with Crippen LogP contribution in [0.2, 0.25) is 0 Å². The van der Waals surface area contributed by atoms with Crippen LogP contribution in [0, 0.1) is 0 Å². The van der Waals surface area contributed by atoms with Crippen LogP contribution < -0.4 is 0 Å². The van der Waals surface area contributed by atoms with E-state index in [9.17, 15) is 0 Å². The smallest absolute Gasteiger partial charge is 0.196 e. The summed E-state index contributed by atoms with van der Waals surface area (Å²) in [5.41, 5.74) is -0.0299. The first-order valence-electron chi connectivity index (χ1n) is 5.50. The molecule has 0 aromatic rings. The molecule has 1 heterocycles. The molecule has 4 heteroatoms. The fourth-order valence-electron chi connectivity index (χ4n) is 1.52. The molecule has 0 aromatic heterocycles. The van der Waals surface area contributed by atoms with Crippen molar-refractivity contribution in [3.05, 3.63) is 0 Å². The van der Waals surface area contributed by atoms with Crippen molar-refractivity contribution in [1.82, 2.24) is 9.80 Å². The van der Waals surface area contributed by atoms with Crippen LogP contribution in [0.4, 0.5) is 0 Å². The van der Waals surface area contributed by atoms with Gasteiger partial charge < -0.3 is 14.5 Å². The van der Waals surface area contributed by atoms with Crippen molar-refractivity contribution < 1.29 is 4.74 Å². The third-order valence-electron chi connectivity index (χ3n) is 2.13. The van der Waals surface area contributed by atoms with Gasteiger partial charge in [0, 0.05) is 27.2 Å². The highest BCUT2D eigenvalue weighted by atomic mass is 16.5. The second-order valence-corrected chi connectivity index (χ2v) is 5.08. The van der Waals surface area contributed by atoms with E-state index < -0.39 is 0 Å². The largest absolute Gasteiger partial charge is 0.378 e. The van der Waals surface area contributed by atoms with E-state index in [1.165, 1.54) is 0 Å². The Labute approximate surface area is 92.9 Å². The number of aliphatic imine (C=N–C) groups is 1. The van der Waals surface area contributed by atoms with Crippen molar-refractivity contribution in [1.29, 1.82) is 0 Å². The average molecular weight is 213 g/mol. The van der Waals surface area contributed by atoms with Gasteiger partial charge in [-0.05, 0) is 20.8 Å². The normalized spacial score (nSPS) is 19.3. The van der Waals surface area contributed by atoms with E-state index in [0.717, 1.165) is 32.3 Å².